The minimum absolute atomic E-state index is 0.114. The van der Waals surface area contributed by atoms with E-state index in [9.17, 15) is 4.79 Å². The van der Waals surface area contributed by atoms with Gasteiger partial charge in [0.2, 0.25) is 0 Å². The van der Waals surface area contributed by atoms with Gasteiger partial charge in [-0.15, -0.1) is 0 Å². The number of piperazine rings is 1. The fourth-order valence-corrected chi connectivity index (χ4v) is 4.10. The molecule has 29 heavy (non-hydrogen) atoms. The van der Waals surface area contributed by atoms with Crippen LogP contribution in [-0.4, -0.2) is 36.9 Å². The number of rotatable bonds is 6. The SMILES string of the molecule is Cc1ccc(C(=O)C[C@H](c2ccccc2)N2CCN(c3ccccc3)CC2)cc1. The highest BCUT2D eigenvalue weighted by molar-refractivity contribution is 5.96. The van der Waals surface area contributed by atoms with E-state index in [1.807, 2.05) is 37.3 Å². The fourth-order valence-electron chi connectivity index (χ4n) is 4.10. The summed E-state index contributed by atoms with van der Waals surface area (Å²) in [7, 11) is 0. The van der Waals surface area contributed by atoms with Crippen molar-refractivity contribution in [2.45, 2.75) is 19.4 Å². The molecule has 3 nitrogen and oxygen atoms in total. The Morgan fingerprint density at radius 1 is 0.793 bits per heavy atom. The third-order valence-electron chi connectivity index (χ3n) is 5.81. The number of hydrogen-bond acceptors (Lipinski definition) is 3. The molecule has 3 aromatic carbocycles. The maximum absolute atomic E-state index is 13.0. The lowest BCUT2D eigenvalue weighted by molar-refractivity contribution is 0.0910. The largest absolute Gasteiger partial charge is 0.369 e. The second-order valence-corrected chi connectivity index (χ2v) is 7.78. The van der Waals surface area contributed by atoms with E-state index in [0.29, 0.717) is 6.42 Å². The van der Waals surface area contributed by atoms with Gasteiger partial charge in [0.25, 0.3) is 0 Å². The van der Waals surface area contributed by atoms with Crippen LogP contribution < -0.4 is 4.90 Å². The number of anilines is 1. The first-order valence-corrected chi connectivity index (χ1v) is 10.4. The number of benzene rings is 3. The zero-order valence-corrected chi connectivity index (χ0v) is 17.0. The summed E-state index contributed by atoms with van der Waals surface area (Å²) >= 11 is 0. The van der Waals surface area contributed by atoms with Crippen LogP contribution >= 0.6 is 0 Å². The molecule has 4 rings (SSSR count). The molecule has 0 N–H and O–H groups in total. The molecule has 0 radical (unpaired) electrons. The van der Waals surface area contributed by atoms with E-state index in [-0.39, 0.29) is 11.8 Å². The summed E-state index contributed by atoms with van der Waals surface area (Å²) in [4.78, 5) is 17.9. The molecule has 1 atom stereocenters. The Morgan fingerprint density at radius 2 is 1.38 bits per heavy atom. The summed E-state index contributed by atoms with van der Waals surface area (Å²) in [5.41, 5.74) is 4.48. The number of carbonyl (C=O) groups is 1. The van der Waals surface area contributed by atoms with Crippen molar-refractivity contribution in [3.05, 3.63) is 102 Å². The molecule has 0 bridgehead atoms. The number of ketones is 1. The molecule has 1 aliphatic rings. The molecule has 1 aliphatic heterocycles. The van der Waals surface area contributed by atoms with Crippen molar-refractivity contribution < 1.29 is 4.79 Å². The Kier molecular flexibility index (Phi) is 6.06. The first-order valence-electron chi connectivity index (χ1n) is 10.4. The van der Waals surface area contributed by atoms with Gasteiger partial charge in [-0.3, -0.25) is 9.69 Å². The van der Waals surface area contributed by atoms with E-state index in [2.05, 4.69) is 64.4 Å². The molecule has 148 valence electrons. The van der Waals surface area contributed by atoms with E-state index in [0.717, 1.165) is 31.7 Å². The average Bonchev–Trinajstić information content (AvgIpc) is 2.79. The first-order chi connectivity index (χ1) is 14.2. The van der Waals surface area contributed by atoms with Crippen LogP contribution in [0.2, 0.25) is 0 Å². The molecular weight excluding hydrogens is 356 g/mol. The summed E-state index contributed by atoms with van der Waals surface area (Å²) in [6.45, 7) is 5.91. The Morgan fingerprint density at radius 3 is 2.00 bits per heavy atom. The van der Waals surface area contributed by atoms with E-state index >= 15 is 0 Å². The second kappa shape index (κ2) is 9.06. The lowest BCUT2D eigenvalue weighted by Crippen LogP contribution is -2.48. The van der Waals surface area contributed by atoms with Crippen LogP contribution in [0.5, 0.6) is 0 Å². The maximum atomic E-state index is 13.0. The van der Waals surface area contributed by atoms with Crippen LogP contribution in [0.3, 0.4) is 0 Å². The smallest absolute Gasteiger partial charge is 0.164 e. The summed E-state index contributed by atoms with van der Waals surface area (Å²) in [5.74, 6) is 0.212. The van der Waals surface area contributed by atoms with Crippen LogP contribution in [0.1, 0.15) is 33.9 Å². The van der Waals surface area contributed by atoms with Gasteiger partial charge in [-0.05, 0) is 24.6 Å². The van der Waals surface area contributed by atoms with Crippen molar-refractivity contribution in [3.63, 3.8) is 0 Å². The molecule has 0 unspecified atom stereocenters. The Labute approximate surface area is 173 Å². The minimum atomic E-state index is 0.114. The van der Waals surface area contributed by atoms with Crippen LogP contribution in [-0.2, 0) is 0 Å². The summed E-state index contributed by atoms with van der Waals surface area (Å²) in [5, 5.41) is 0. The molecule has 0 amide bonds. The van der Waals surface area contributed by atoms with Gasteiger partial charge < -0.3 is 4.90 Å². The molecular formula is C26H28N2O. The number of carbonyl (C=O) groups excluding carboxylic acids is 1. The normalized spacial score (nSPS) is 15.8. The number of para-hydroxylation sites is 1. The fraction of sp³-hybridized carbons (Fsp3) is 0.269. The molecule has 1 saturated heterocycles. The standard InChI is InChI=1S/C26H28N2O/c1-21-12-14-23(15-13-21)26(29)20-25(22-8-4-2-5-9-22)28-18-16-27(17-19-28)24-10-6-3-7-11-24/h2-15,25H,16-20H2,1H3/t25-/m1/s1. The lowest BCUT2D eigenvalue weighted by atomic mass is 9.95. The third-order valence-corrected chi connectivity index (χ3v) is 5.81. The molecule has 1 heterocycles. The average molecular weight is 385 g/mol. The van der Waals surface area contributed by atoms with Gasteiger partial charge in [-0.25, -0.2) is 0 Å². The van der Waals surface area contributed by atoms with Crippen LogP contribution in [0, 0.1) is 6.92 Å². The molecule has 0 aromatic heterocycles. The van der Waals surface area contributed by atoms with Crippen molar-refractivity contribution in [2.24, 2.45) is 0 Å². The second-order valence-electron chi connectivity index (χ2n) is 7.78. The molecule has 0 aliphatic carbocycles. The monoisotopic (exact) mass is 384 g/mol. The zero-order chi connectivity index (χ0) is 20.1. The number of aryl methyl sites for hydroxylation is 1. The van der Waals surface area contributed by atoms with Crippen molar-refractivity contribution in [2.75, 3.05) is 31.1 Å². The van der Waals surface area contributed by atoms with E-state index in [4.69, 9.17) is 0 Å². The van der Waals surface area contributed by atoms with Crippen LogP contribution in [0.4, 0.5) is 5.69 Å². The van der Waals surface area contributed by atoms with Gasteiger partial charge in [0, 0.05) is 49.9 Å². The summed E-state index contributed by atoms with van der Waals surface area (Å²) in [6.07, 6.45) is 0.512. The molecule has 3 aromatic rings. The number of nitrogens with zero attached hydrogens (tertiary/aromatic N) is 2. The number of Topliss-reactive ketones (excluding diaryl/α,β-unsaturated/α-hetero) is 1. The van der Waals surface area contributed by atoms with Crippen molar-refractivity contribution in [3.8, 4) is 0 Å². The third kappa shape index (κ3) is 4.75. The van der Waals surface area contributed by atoms with Gasteiger partial charge >= 0.3 is 0 Å². The van der Waals surface area contributed by atoms with E-state index in [1.54, 1.807) is 0 Å². The minimum Gasteiger partial charge on any atom is -0.369 e. The van der Waals surface area contributed by atoms with Crippen molar-refractivity contribution in [1.82, 2.24) is 4.90 Å². The first kappa shape index (κ1) is 19.4. The highest BCUT2D eigenvalue weighted by Crippen LogP contribution is 2.28. The highest BCUT2D eigenvalue weighted by Gasteiger charge is 2.27. The molecule has 0 spiro atoms. The summed E-state index contributed by atoms with van der Waals surface area (Å²) < 4.78 is 0. The predicted octanol–water partition coefficient (Wildman–Crippen LogP) is 5.13. The quantitative estimate of drug-likeness (QED) is 0.550. The molecule has 0 saturated carbocycles. The van der Waals surface area contributed by atoms with E-state index < -0.39 is 0 Å². The topological polar surface area (TPSA) is 23.6 Å². The van der Waals surface area contributed by atoms with Crippen LogP contribution in [0.25, 0.3) is 0 Å². The van der Waals surface area contributed by atoms with Crippen LogP contribution in [0.15, 0.2) is 84.9 Å². The zero-order valence-electron chi connectivity index (χ0n) is 17.0. The van der Waals surface area contributed by atoms with Gasteiger partial charge in [0.1, 0.15) is 0 Å². The molecule has 1 fully saturated rings. The Balaban J connectivity index is 1.49. The van der Waals surface area contributed by atoms with E-state index in [1.165, 1.54) is 16.8 Å². The van der Waals surface area contributed by atoms with Crippen molar-refractivity contribution in [1.29, 1.82) is 0 Å². The predicted molar refractivity (Wildman–Crippen MR) is 120 cm³/mol. The number of hydrogen-bond donors (Lipinski definition) is 0. The maximum Gasteiger partial charge on any atom is 0.164 e. The molecule has 3 heteroatoms. The van der Waals surface area contributed by atoms with Gasteiger partial charge in [0.15, 0.2) is 5.78 Å². The van der Waals surface area contributed by atoms with Crippen molar-refractivity contribution >= 4 is 11.5 Å². The van der Waals surface area contributed by atoms with Gasteiger partial charge in [-0.2, -0.15) is 0 Å². The Hall–Kier alpha value is -2.91. The highest BCUT2D eigenvalue weighted by atomic mass is 16.1. The van der Waals surface area contributed by atoms with Gasteiger partial charge in [0.05, 0.1) is 0 Å². The lowest BCUT2D eigenvalue weighted by Gasteiger charge is -2.40. The Bertz CT molecular complexity index is 914. The summed E-state index contributed by atoms with van der Waals surface area (Å²) in [6, 6.07) is 29.1. The van der Waals surface area contributed by atoms with Gasteiger partial charge in [-0.1, -0.05) is 78.4 Å².